The largest absolute Gasteiger partial charge is 0.351 e. The summed E-state index contributed by atoms with van der Waals surface area (Å²) >= 11 is 0. The first-order valence-electron chi connectivity index (χ1n) is 8.64. The Hall–Kier alpha value is -1.39. The summed E-state index contributed by atoms with van der Waals surface area (Å²) in [5, 5.41) is 6.47. The fraction of sp³-hybridized carbons (Fsp3) is 0.611. The van der Waals surface area contributed by atoms with Gasteiger partial charge in [0.25, 0.3) is 5.91 Å². The highest BCUT2D eigenvalue weighted by molar-refractivity contribution is 5.94. The van der Waals surface area contributed by atoms with Crippen molar-refractivity contribution in [2.75, 3.05) is 39.3 Å². The molecule has 1 atom stereocenters. The number of hydrogen-bond acceptors (Lipinski definition) is 3. The highest BCUT2D eigenvalue weighted by atomic mass is 16.1. The van der Waals surface area contributed by atoms with Crippen LogP contribution in [0, 0.1) is 0 Å². The maximum Gasteiger partial charge on any atom is 0.251 e. The second kappa shape index (κ2) is 7.75. The normalized spacial score (nSPS) is 22.6. The summed E-state index contributed by atoms with van der Waals surface area (Å²) in [6, 6.07) is 8.17. The molecule has 4 heteroatoms. The molecule has 1 amide bonds. The first kappa shape index (κ1) is 15.5. The summed E-state index contributed by atoms with van der Waals surface area (Å²) in [7, 11) is 0. The minimum Gasteiger partial charge on any atom is -0.351 e. The van der Waals surface area contributed by atoms with Crippen molar-refractivity contribution in [1.82, 2.24) is 15.5 Å². The second-order valence-corrected chi connectivity index (χ2v) is 6.47. The summed E-state index contributed by atoms with van der Waals surface area (Å²) in [5.41, 5.74) is 2.12. The van der Waals surface area contributed by atoms with E-state index in [9.17, 15) is 4.79 Å². The number of nitrogens with zero attached hydrogens (tertiary/aromatic N) is 1. The van der Waals surface area contributed by atoms with Crippen LogP contribution in [0.2, 0.25) is 0 Å². The van der Waals surface area contributed by atoms with Gasteiger partial charge in [0, 0.05) is 25.2 Å². The molecular weight excluding hydrogens is 274 g/mol. The zero-order valence-corrected chi connectivity index (χ0v) is 13.3. The number of piperidine rings is 1. The highest BCUT2D eigenvalue weighted by Crippen LogP contribution is 2.23. The van der Waals surface area contributed by atoms with Gasteiger partial charge in [-0.2, -0.15) is 0 Å². The molecule has 2 aliphatic heterocycles. The van der Waals surface area contributed by atoms with Crippen LogP contribution in [0.5, 0.6) is 0 Å². The summed E-state index contributed by atoms with van der Waals surface area (Å²) in [6.07, 6.45) is 5.08. The molecule has 2 fully saturated rings. The monoisotopic (exact) mass is 301 g/mol. The molecule has 2 aliphatic rings. The molecule has 1 aromatic rings. The van der Waals surface area contributed by atoms with E-state index in [1.165, 1.54) is 44.3 Å². The Balaban J connectivity index is 1.47. The van der Waals surface area contributed by atoms with Crippen molar-refractivity contribution < 1.29 is 4.79 Å². The van der Waals surface area contributed by atoms with Gasteiger partial charge in [0.2, 0.25) is 0 Å². The predicted molar refractivity (Wildman–Crippen MR) is 89.3 cm³/mol. The van der Waals surface area contributed by atoms with E-state index >= 15 is 0 Å². The third-order valence-electron chi connectivity index (χ3n) is 4.85. The van der Waals surface area contributed by atoms with Gasteiger partial charge in [0.05, 0.1) is 0 Å². The van der Waals surface area contributed by atoms with E-state index in [1.807, 2.05) is 12.1 Å². The lowest BCUT2D eigenvalue weighted by Crippen LogP contribution is -2.33. The average Bonchev–Trinajstić information content (AvgIpc) is 3.09. The maximum absolute atomic E-state index is 12.2. The van der Waals surface area contributed by atoms with Crippen molar-refractivity contribution in [1.29, 1.82) is 0 Å². The third-order valence-corrected chi connectivity index (χ3v) is 4.85. The number of nitrogens with one attached hydrogen (secondary N) is 2. The molecule has 1 aromatic carbocycles. The molecule has 120 valence electrons. The molecule has 0 spiro atoms. The van der Waals surface area contributed by atoms with Crippen molar-refractivity contribution in [3.8, 4) is 0 Å². The summed E-state index contributed by atoms with van der Waals surface area (Å²) in [4.78, 5) is 14.6. The zero-order chi connectivity index (χ0) is 15.2. The molecule has 4 nitrogen and oxygen atoms in total. The average molecular weight is 301 g/mol. The molecule has 0 saturated carbocycles. The van der Waals surface area contributed by atoms with Gasteiger partial charge in [0.1, 0.15) is 0 Å². The molecule has 0 radical (unpaired) electrons. The summed E-state index contributed by atoms with van der Waals surface area (Å²) in [5.74, 6) is 0.647. The Bertz CT molecular complexity index is 474. The lowest BCUT2D eigenvalue weighted by molar-refractivity contribution is 0.0949. The minimum absolute atomic E-state index is 0.0486. The van der Waals surface area contributed by atoms with E-state index in [2.05, 4.69) is 27.7 Å². The van der Waals surface area contributed by atoms with E-state index in [0.717, 1.165) is 31.7 Å². The molecular formula is C18H27N3O. The lowest BCUT2D eigenvalue weighted by atomic mass is 9.91. The summed E-state index contributed by atoms with van der Waals surface area (Å²) < 4.78 is 0. The standard InChI is InChI=1S/C18H27N3O/c22-18(20-10-13-21-11-1-2-12-21)16-7-5-15(6-8-16)17-4-3-9-19-14-17/h5-8,17,19H,1-4,9-14H2,(H,20,22)/t17-/m1/s1. The SMILES string of the molecule is O=C(NCCN1CCCC1)c1ccc([C@@H]2CCCNC2)cc1. The van der Waals surface area contributed by atoms with Gasteiger partial charge in [-0.3, -0.25) is 4.79 Å². The van der Waals surface area contributed by atoms with E-state index in [-0.39, 0.29) is 5.91 Å². The Morgan fingerprint density at radius 3 is 2.64 bits per heavy atom. The van der Waals surface area contributed by atoms with Crippen LogP contribution >= 0.6 is 0 Å². The van der Waals surface area contributed by atoms with Crippen molar-refractivity contribution >= 4 is 5.91 Å². The van der Waals surface area contributed by atoms with Gasteiger partial charge in [-0.1, -0.05) is 12.1 Å². The van der Waals surface area contributed by atoms with Gasteiger partial charge in [-0.25, -0.2) is 0 Å². The van der Waals surface area contributed by atoms with E-state index < -0.39 is 0 Å². The molecule has 0 aromatic heterocycles. The molecule has 0 unspecified atom stereocenters. The first-order valence-corrected chi connectivity index (χ1v) is 8.64. The van der Waals surface area contributed by atoms with E-state index in [1.54, 1.807) is 0 Å². The number of amides is 1. The van der Waals surface area contributed by atoms with Gasteiger partial charge < -0.3 is 15.5 Å². The number of rotatable bonds is 5. The van der Waals surface area contributed by atoms with Crippen molar-refractivity contribution in [2.24, 2.45) is 0 Å². The Morgan fingerprint density at radius 1 is 1.18 bits per heavy atom. The maximum atomic E-state index is 12.2. The molecule has 0 aliphatic carbocycles. The van der Waals surface area contributed by atoms with Crippen LogP contribution in [-0.4, -0.2) is 50.1 Å². The van der Waals surface area contributed by atoms with Gasteiger partial charge in [0.15, 0.2) is 0 Å². The molecule has 22 heavy (non-hydrogen) atoms. The quantitative estimate of drug-likeness (QED) is 0.874. The van der Waals surface area contributed by atoms with Crippen molar-refractivity contribution in [3.63, 3.8) is 0 Å². The minimum atomic E-state index is 0.0486. The molecule has 2 saturated heterocycles. The number of carbonyl (C=O) groups excluding carboxylic acids is 1. The van der Waals surface area contributed by atoms with Gasteiger partial charge in [-0.05, 0) is 68.9 Å². The van der Waals surface area contributed by atoms with Crippen molar-refractivity contribution in [2.45, 2.75) is 31.6 Å². The smallest absolute Gasteiger partial charge is 0.251 e. The third kappa shape index (κ3) is 4.08. The van der Waals surface area contributed by atoms with E-state index in [0.29, 0.717) is 5.92 Å². The fourth-order valence-electron chi connectivity index (χ4n) is 3.48. The molecule has 0 bridgehead atoms. The van der Waals surface area contributed by atoms with Crippen LogP contribution in [0.4, 0.5) is 0 Å². The number of hydrogen-bond donors (Lipinski definition) is 2. The van der Waals surface area contributed by atoms with Gasteiger partial charge in [-0.15, -0.1) is 0 Å². The first-order chi connectivity index (χ1) is 10.8. The van der Waals surface area contributed by atoms with Crippen LogP contribution in [0.3, 0.4) is 0 Å². The topological polar surface area (TPSA) is 44.4 Å². The van der Waals surface area contributed by atoms with Gasteiger partial charge >= 0.3 is 0 Å². The fourth-order valence-corrected chi connectivity index (χ4v) is 3.48. The Morgan fingerprint density at radius 2 is 1.95 bits per heavy atom. The second-order valence-electron chi connectivity index (χ2n) is 6.47. The lowest BCUT2D eigenvalue weighted by Gasteiger charge is -2.23. The molecule has 2 heterocycles. The van der Waals surface area contributed by atoms with Crippen LogP contribution in [0.1, 0.15) is 47.5 Å². The molecule has 3 rings (SSSR count). The predicted octanol–water partition coefficient (Wildman–Crippen LogP) is 1.98. The van der Waals surface area contributed by atoms with E-state index in [4.69, 9.17) is 0 Å². The molecule has 2 N–H and O–H groups in total. The summed E-state index contributed by atoms with van der Waals surface area (Å²) in [6.45, 7) is 6.26. The number of likely N-dealkylation sites (tertiary alicyclic amines) is 1. The Kier molecular flexibility index (Phi) is 5.46. The Labute approximate surface area is 133 Å². The highest BCUT2D eigenvalue weighted by Gasteiger charge is 2.16. The zero-order valence-electron chi connectivity index (χ0n) is 13.3. The van der Waals surface area contributed by atoms with Crippen LogP contribution < -0.4 is 10.6 Å². The van der Waals surface area contributed by atoms with Crippen LogP contribution in [0.25, 0.3) is 0 Å². The van der Waals surface area contributed by atoms with Crippen LogP contribution in [-0.2, 0) is 0 Å². The van der Waals surface area contributed by atoms with Crippen molar-refractivity contribution in [3.05, 3.63) is 35.4 Å². The van der Waals surface area contributed by atoms with Crippen LogP contribution in [0.15, 0.2) is 24.3 Å². The number of carbonyl (C=O) groups is 1. The number of benzene rings is 1.